The molecule has 1 aromatic rings. The summed E-state index contributed by atoms with van der Waals surface area (Å²) in [5.74, 6) is 3.25. The average Bonchev–Trinajstić information content (AvgIpc) is 3.16. The predicted octanol–water partition coefficient (Wildman–Crippen LogP) is 0.881. The van der Waals surface area contributed by atoms with Gasteiger partial charge >= 0.3 is 0 Å². The average molecular weight is 274 g/mol. The van der Waals surface area contributed by atoms with Gasteiger partial charge in [0.05, 0.1) is 6.61 Å². The summed E-state index contributed by atoms with van der Waals surface area (Å²) in [4.78, 5) is 13.8. The van der Waals surface area contributed by atoms with E-state index in [0.29, 0.717) is 0 Å². The van der Waals surface area contributed by atoms with Crippen molar-refractivity contribution in [1.82, 2.24) is 14.9 Å². The molecule has 0 aliphatic carbocycles. The lowest BCUT2D eigenvalue weighted by molar-refractivity contribution is 0.172. The van der Waals surface area contributed by atoms with Crippen molar-refractivity contribution in [2.45, 2.75) is 6.42 Å². The molecule has 0 aromatic carbocycles. The zero-order chi connectivity index (χ0) is 13.4. The molecule has 3 saturated heterocycles. The van der Waals surface area contributed by atoms with Gasteiger partial charge in [0.2, 0.25) is 5.95 Å². The molecule has 1 unspecified atom stereocenters. The summed E-state index contributed by atoms with van der Waals surface area (Å²) in [7, 11) is 0. The Hall–Kier alpha value is -1.20. The van der Waals surface area contributed by atoms with E-state index < -0.39 is 0 Å². The van der Waals surface area contributed by atoms with E-state index in [2.05, 4.69) is 19.8 Å². The first kappa shape index (κ1) is 12.5. The van der Waals surface area contributed by atoms with Gasteiger partial charge in [0.25, 0.3) is 0 Å². The predicted molar refractivity (Wildman–Crippen MR) is 76.6 cm³/mol. The molecule has 4 rings (SSSR count). The number of aromatic nitrogens is 2. The van der Waals surface area contributed by atoms with E-state index in [4.69, 9.17) is 4.74 Å². The maximum atomic E-state index is 5.48. The molecule has 0 bridgehead atoms. The first-order valence-corrected chi connectivity index (χ1v) is 7.70. The third-order valence-corrected chi connectivity index (χ3v) is 4.94. The monoisotopic (exact) mass is 274 g/mol. The van der Waals surface area contributed by atoms with Gasteiger partial charge < -0.3 is 14.5 Å². The molecule has 3 atom stereocenters. The van der Waals surface area contributed by atoms with Crippen LogP contribution in [0.15, 0.2) is 18.5 Å². The van der Waals surface area contributed by atoms with Crippen LogP contribution in [0.2, 0.25) is 0 Å². The molecule has 3 aliphatic rings. The maximum Gasteiger partial charge on any atom is 0.225 e. The lowest BCUT2D eigenvalue weighted by Crippen LogP contribution is -2.32. The topological polar surface area (TPSA) is 41.5 Å². The Bertz CT molecular complexity index is 434. The number of anilines is 1. The second kappa shape index (κ2) is 5.30. The summed E-state index contributed by atoms with van der Waals surface area (Å²) in [5.41, 5.74) is 0. The van der Waals surface area contributed by atoms with Crippen molar-refractivity contribution in [2.24, 2.45) is 17.8 Å². The van der Waals surface area contributed by atoms with Gasteiger partial charge in [-0.15, -0.1) is 0 Å². The molecule has 5 nitrogen and oxygen atoms in total. The molecule has 0 saturated carbocycles. The lowest BCUT2D eigenvalue weighted by atomic mass is 10.0. The summed E-state index contributed by atoms with van der Waals surface area (Å²) >= 11 is 0. The molecule has 1 aromatic heterocycles. The SMILES string of the molecule is c1cnc(N2C[C@H]3CN(CC4CCOC4)C[C@H]3C2)nc1. The van der Waals surface area contributed by atoms with Gasteiger partial charge in [0, 0.05) is 51.7 Å². The largest absolute Gasteiger partial charge is 0.381 e. The van der Waals surface area contributed by atoms with Gasteiger partial charge in [-0.25, -0.2) is 9.97 Å². The zero-order valence-electron chi connectivity index (χ0n) is 11.8. The summed E-state index contributed by atoms with van der Waals surface area (Å²) < 4.78 is 5.48. The molecule has 20 heavy (non-hydrogen) atoms. The van der Waals surface area contributed by atoms with Gasteiger partial charge in [-0.05, 0) is 30.2 Å². The molecule has 0 spiro atoms. The Kier molecular flexibility index (Phi) is 3.32. The molecule has 108 valence electrons. The zero-order valence-corrected chi connectivity index (χ0v) is 11.8. The van der Waals surface area contributed by atoms with Crippen LogP contribution in [0, 0.1) is 17.8 Å². The highest BCUT2D eigenvalue weighted by Crippen LogP contribution is 2.33. The number of hydrogen-bond donors (Lipinski definition) is 0. The first-order valence-electron chi connectivity index (χ1n) is 7.70. The number of nitrogens with zero attached hydrogens (tertiary/aromatic N) is 4. The fourth-order valence-electron chi connectivity index (χ4n) is 3.95. The van der Waals surface area contributed by atoms with E-state index in [1.54, 1.807) is 0 Å². The van der Waals surface area contributed by atoms with Crippen LogP contribution in [0.1, 0.15) is 6.42 Å². The Morgan fingerprint density at radius 3 is 2.50 bits per heavy atom. The maximum absolute atomic E-state index is 5.48. The Labute approximate surface area is 120 Å². The third kappa shape index (κ3) is 2.40. The van der Waals surface area contributed by atoms with Crippen LogP contribution >= 0.6 is 0 Å². The highest BCUT2D eigenvalue weighted by Gasteiger charge is 2.41. The van der Waals surface area contributed by atoms with E-state index >= 15 is 0 Å². The lowest BCUT2D eigenvalue weighted by Gasteiger charge is -2.23. The van der Waals surface area contributed by atoms with Crippen molar-refractivity contribution in [3.05, 3.63) is 18.5 Å². The van der Waals surface area contributed by atoms with Gasteiger partial charge in [-0.2, -0.15) is 0 Å². The summed E-state index contributed by atoms with van der Waals surface area (Å²) in [6, 6.07) is 1.88. The van der Waals surface area contributed by atoms with E-state index in [9.17, 15) is 0 Å². The molecular weight excluding hydrogens is 252 g/mol. The normalized spacial score (nSPS) is 33.8. The molecular formula is C15H22N4O. The molecule has 5 heteroatoms. The highest BCUT2D eigenvalue weighted by atomic mass is 16.5. The summed E-state index contributed by atoms with van der Waals surface area (Å²) in [5, 5.41) is 0. The van der Waals surface area contributed by atoms with Crippen LogP contribution in [0.4, 0.5) is 5.95 Å². The molecule has 3 aliphatic heterocycles. The van der Waals surface area contributed by atoms with Crippen molar-refractivity contribution in [3.8, 4) is 0 Å². The van der Waals surface area contributed by atoms with Crippen LogP contribution in [-0.4, -0.2) is 60.8 Å². The smallest absolute Gasteiger partial charge is 0.225 e. The van der Waals surface area contributed by atoms with Gasteiger partial charge in [-0.1, -0.05) is 0 Å². The fraction of sp³-hybridized carbons (Fsp3) is 0.733. The van der Waals surface area contributed by atoms with Crippen LogP contribution in [-0.2, 0) is 4.74 Å². The van der Waals surface area contributed by atoms with Crippen LogP contribution in [0.3, 0.4) is 0 Å². The molecule has 0 N–H and O–H groups in total. The minimum Gasteiger partial charge on any atom is -0.381 e. The fourth-order valence-corrected chi connectivity index (χ4v) is 3.95. The minimum absolute atomic E-state index is 0.766. The van der Waals surface area contributed by atoms with Crippen molar-refractivity contribution in [2.75, 3.05) is 50.8 Å². The molecule has 4 heterocycles. The number of likely N-dealkylation sites (tertiary alicyclic amines) is 1. The summed E-state index contributed by atoms with van der Waals surface area (Å²) in [6.07, 6.45) is 4.92. The molecule has 0 radical (unpaired) electrons. The van der Waals surface area contributed by atoms with Gasteiger partial charge in [0.15, 0.2) is 0 Å². The van der Waals surface area contributed by atoms with Gasteiger partial charge in [0.1, 0.15) is 0 Å². The quantitative estimate of drug-likeness (QED) is 0.818. The van der Waals surface area contributed by atoms with Crippen molar-refractivity contribution < 1.29 is 4.74 Å². The van der Waals surface area contributed by atoms with E-state index in [0.717, 1.165) is 50.0 Å². The second-order valence-corrected chi connectivity index (χ2v) is 6.42. The number of fused-ring (bicyclic) bond motifs is 1. The highest BCUT2D eigenvalue weighted by molar-refractivity contribution is 5.31. The van der Waals surface area contributed by atoms with E-state index in [1.165, 1.54) is 26.1 Å². The minimum atomic E-state index is 0.766. The third-order valence-electron chi connectivity index (χ3n) is 4.94. The summed E-state index contributed by atoms with van der Waals surface area (Å²) in [6.45, 7) is 7.88. The van der Waals surface area contributed by atoms with Crippen molar-refractivity contribution in [3.63, 3.8) is 0 Å². The van der Waals surface area contributed by atoms with Crippen molar-refractivity contribution >= 4 is 5.95 Å². The van der Waals surface area contributed by atoms with E-state index in [1.807, 2.05) is 18.5 Å². The first-order chi connectivity index (χ1) is 9.88. The standard InChI is InChI=1S/C15H22N4O/c1-3-16-15(17-4-1)19-9-13-7-18(8-14(13)10-19)6-12-2-5-20-11-12/h1,3-4,12-14H,2,5-11H2/t12?,13-,14+. The van der Waals surface area contributed by atoms with Gasteiger partial charge in [-0.3, -0.25) is 0 Å². The van der Waals surface area contributed by atoms with Crippen LogP contribution in [0.5, 0.6) is 0 Å². The molecule has 3 fully saturated rings. The Balaban J connectivity index is 1.33. The number of hydrogen-bond acceptors (Lipinski definition) is 5. The Morgan fingerprint density at radius 2 is 1.85 bits per heavy atom. The second-order valence-electron chi connectivity index (χ2n) is 6.42. The molecule has 0 amide bonds. The van der Waals surface area contributed by atoms with Crippen molar-refractivity contribution in [1.29, 1.82) is 0 Å². The number of ether oxygens (including phenoxy) is 1. The van der Waals surface area contributed by atoms with E-state index in [-0.39, 0.29) is 0 Å². The Morgan fingerprint density at radius 1 is 1.10 bits per heavy atom. The van der Waals surface area contributed by atoms with Crippen LogP contribution in [0.25, 0.3) is 0 Å². The van der Waals surface area contributed by atoms with Crippen LogP contribution < -0.4 is 4.90 Å². The number of rotatable bonds is 3.